The number of aliphatic hydroxyl groups is 1. The third-order valence-electron chi connectivity index (χ3n) is 3.50. The largest absolute Gasteiger partial charge is 0.494 e. The maximum absolute atomic E-state index is 9.35. The number of anilines is 1. The lowest BCUT2D eigenvalue weighted by Gasteiger charge is -2.39. The van der Waals surface area contributed by atoms with Crippen molar-refractivity contribution >= 4 is 5.69 Å². The van der Waals surface area contributed by atoms with E-state index in [1.54, 1.807) is 0 Å². The molecule has 4 heteroatoms. The van der Waals surface area contributed by atoms with E-state index >= 15 is 0 Å². The van der Waals surface area contributed by atoms with Crippen LogP contribution in [0.3, 0.4) is 0 Å². The van der Waals surface area contributed by atoms with Crippen LogP contribution in [-0.2, 0) is 0 Å². The predicted molar refractivity (Wildman–Crippen MR) is 73.3 cm³/mol. The smallest absolute Gasteiger partial charge is 0.119 e. The summed E-state index contributed by atoms with van der Waals surface area (Å²) in [5.41, 5.74) is 1.20. The molecule has 4 nitrogen and oxygen atoms in total. The second-order valence-corrected chi connectivity index (χ2v) is 4.69. The second kappa shape index (κ2) is 6.07. The Bertz CT molecular complexity index is 367. The van der Waals surface area contributed by atoms with Crippen LogP contribution in [0, 0.1) is 0 Å². The number of piperazine rings is 1. The van der Waals surface area contributed by atoms with E-state index in [9.17, 15) is 5.11 Å². The molecule has 0 bridgehead atoms. The van der Waals surface area contributed by atoms with Gasteiger partial charge in [-0.05, 0) is 38.2 Å². The van der Waals surface area contributed by atoms with Gasteiger partial charge in [0.1, 0.15) is 5.75 Å². The van der Waals surface area contributed by atoms with E-state index in [0.29, 0.717) is 6.61 Å². The van der Waals surface area contributed by atoms with Crippen molar-refractivity contribution in [3.63, 3.8) is 0 Å². The van der Waals surface area contributed by atoms with Crippen LogP contribution in [0.15, 0.2) is 24.3 Å². The van der Waals surface area contributed by atoms with E-state index < -0.39 is 0 Å². The van der Waals surface area contributed by atoms with Crippen molar-refractivity contribution in [2.24, 2.45) is 0 Å². The second-order valence-electron chi connectivity index (χ2n) is 4.69. The average Bonchev–Trinajstić information content (AvgIpc) is 2.41. The number of hydrogen-bond acceptors (Lipinski definition) is 4. The molecule has 100 valence electrons. The zero-order chi connectivity index (χ0) is 13.0. The summed E-state index contributed by atoms with van der Waals surface area (Å²) < 4.78 is 5.44. The first-order valence-electron chi connectivity index (χ1n) is 6.53. The van der Waals surface area contributed by atoms with E-state index in [1.807, 2.05) is 19.1 Å². The Morgan fingerprint density at radius 2 is 2.00 bits per heavy atom. The summed E-state index contributed by atoms with van der Waals surface area (Å²) in [7, 11) is 2.07. The van der Waals surface area contributed by atoms with Crippen molar-refractivity contribution in [2.75, 3.05) is 44.8 Å². The number of hydrogen-bond donors (Lipinski definition) is 1. The monoisotopic (exact) mass is 250 g/mol. The molecular weight excluding hydrogens is 228 g/mol. The number of nitrogens with zero attached hydrogens (tertiary/aromatic N) is 2. The van der Waals surface area contributed by atoms with Gasteiger partial charge in [0.2, 0.25) is 0 Å². The molecule has 1 heterocycles. The molecule has 1 fully saturated rings. The molecule has 1 saturated heterocycles. The third-order valence-corrected chi connectivity index (χ3v) is 3.50. The molecule has 0 saturated carbocycles. The topological polar surface area (TPSA) is 35.9 Å². The first-order chi connectivity index (χ1) is 8.74. The van der Waals surface area contributed by atoms with Gasteiger partial charge in [-0.1, -0.05) is 0 Å². The molecule has 0 spiro atoms. The van der Waals surface area contributed by atoms with E-state index in [2.05, 4.69) is 29.0 Å². The van der Waals surface area contributed by atoms with Crippen LogP contribution in [0.2, 0.25) is 0 Å². The Labute approximate surface area is 109 Å². The molecule has 1 aliphatic rings. The van der Waals surface area contributed by atoms with Gasteiger partial charge in [-0.15, -0.1) is 0 Å². The first kappa shape index (κ1) is 13.2. The SMILES string of the molecule is CCOc1ccc(N2CCN(C)C(CO)C2)cc1. The highest BCUT2D eigenvalue weighted by atomic mass is 16.5. The summed E-state index contributed by atoms with van der Waals surface area (Å²) in [5, 5.41) is 9.35. The average molecular weight is 250 g/mol. The summed E-state index contributed by atoms with van der Waals surface area (Å²) in [5.74, 6) is 0.911. The maximum Gasteiger partial charge on any atom is 0.119 e. The van der Waals surface area contributed by atoms with Crippen LogP contribution in [0.25, 0.3) is 0 Å². The fraction of sp³-hybridized carbons (Fsp3) is 0.571. The Hall–Kier alpha value is -1.26. The molecule has 0 amide bonds. The highest BCUT2D eigenvalue weighted by molar-refractivity contribution is 5.49. The molecule has 0 radical (unpaired) electrons. The third kappa shape index (κ3) is 2.94. The van der Waals surface area contributed by atoms with E-state index in [0.717, 1.165) is 25.4 Å². The van der Waals surface area contributed by atoms with Crippen LogP contribution >= 0.6 is 0 Å². The van der Waals surface area contributed by atoms with Gasteiger partial charge in [0, 0.05) is 25.3 Å². The quantitative estimate of drug-likeness (QED) is 0.871. The number of aliphatic hydroxyl groups excluding tert-OH is 1. The first-order valence-corrected chi connectivity index (χ1v) is 6.53. The van der Waals surface area contributed by atoms with Gasteiger partial charge in [0.25, 0.3) is 0 Å². The van der Waals surface area contributed by atoms with Crippen molar-refractivity contribution in [3.05, 3.63) is 24.3 Å². The van der Waals surface area contributed by atoms with Crippen molar-refractivity contribution < 1.29 is 9.84 Å². The molecule has 0 aromatic heterocycles. The normalized spacial score (nSPS) is 21.1. The molecule has 1 N–H and O–H groups in total. The van der Waals surface area contributed by atoms with Gasteiger partial charge in [0.05, 0.1) is 19.3 Å². The fourth-order valence-corrected chi connectivity index (χ4v) is 2.30. The number of ether oxygens (including phenoxy) is 1. The molecule has 0 aliphatic carbocycles. The molecular formula is C14H22N2O2. The van der Waals surface area contributed by atoms with Crippen LogP contribution in [0.5, 0.6) is 5.75 Å². The molecule has 1 atom stereocenters. The highest BCUT2D eigenvalue weighted by Gasteiger charge is 2.23. The summed E-state index contributed by atoms with van der Waals surface area (Å²) in [4.78, 5) is 4.53. The van der Waals surface area contributed by atoms with Gasteiger partial charge < -0.3 is 14.7 Å². The number of rotatable bonds is 4. The lowest BCUT2D eigenvalue weighted by Crippen LogP contribution is -2.53. The number of benzene rings is 1. The molecule has 1 aliphatic heterocycles. The van der Waals surface area contributed by atoms with Crippen molar-refractivity contribution in [2.45, 2.75) is 13.0 Å². The highest BCUT2D eigenvalue weighted by Crippen LogP contribution is 2.21. The van der Waals surface area contributed by atoms with Crippen LogP contribution in [0.4, 0.5) is 5.69 Å². The lowest BCUT2D eigenvalue weighted by molar-refractivity contribution is 0.135. The summed E-state index contributed by atoms with van der Waals surface area (Å²) in [6, 6.07) is 8.41. The zero-order valence-corrected chi connectivity index (χ0v) is 11.2. The van der Waals surface area contributed by atoms with E-state index in [-0.39, 0.29) is 12.6 Å². The van der Waals surface area contributed by atoms with Crippen molar-refractivity contribution in [1.29, 1.82) is 0 Å². The molecule has 1 aromatic carbocycles. The maximum atomic E-state index is 9.35. The summed E-state index contributed by atoms with van der Waals surface area (Å²) in [6.07, 6.45) is 0. The minimum Gasteiger partial charge on any atom is -0.494 e. The van der Waals surface area contributed by atoms with Crippen molar-refractivity contribution in [3.8, 4) is 5.75 Å². The predicted octanol–water partition coefficient (Wildman–Crippen LogP) is 1.20. The van der Waals surface area contributed by atoms with Gasteiger partial charge in [-0.3, -0.25) is 4.90 Å². The van der Waals surface area contributed by atoms with Crippen LogP contribution in [0.1, 0.15) is 6.92 Å². The Balaban J connectivity index is 2.02. The van der Waals surface area contributed by atoms with Gasteiger partial charge in [-0.25, -0.2) is 0 Å². The van der Waals surface area contributed by atoms with Crippen LogP contribution < -0.4 is 9.64 Å². The minimum atomic E-state index is 0.212. The Morgan fingerprint density at radius 3 is 2.61 bits per heavy atom. The Morgan fingerprint density at radius 1 is 1.28 bits per heavy atom. The molecule has 2 rings (SSSR count). The molecule has 1 unspecified atom stereocenters. The van der Waals surface area contributed by atoms with Crippen molar-refractivity contribution in [1.82, 2.24) is 4.90 Å². The lowest BCUT2D eigenvalue weighted by atomic mass is 10.1. The van der Waals surface area contributed by atoms with Crippen LogP contribution in [-0.4, -0.2) is 55.9 Å². The number of likely N-dealkylation sites (N-methyl/N-ethyl adjacent to an activating group) is 1. The molecule has 18 heavy (non-hydrogen) atoms. The van der Waals surface area contributed by atoms with E-state index in [1.165, 1.54) is 5.69 Å². The van der Waals surface area contributed by atoms with Gasteiger partial charge in [0.15, 0.2) is 0 Å². The standard InChI is InChI=1S/C14H22N2O2/c1-3-18-14-6-4-12(5-7-14)16-9-8-15(2)13(10-16)11-17/h4-7,13,17H,3,8-11H2,1-2H3. The van der Waals surface area contributed by atoms with E-state index in [4.69, 9.17) is 4.74 Å². The summed E-state index contributed by atoms with van der Waals surface area (Å²) in [6.45, 7) is 5.76. The fourth-order valence-electron chi connectivity index (χ4n) is 2.30. The van der Waals surface area contributed by atoms with Gasteiger partial charge >= 0.3 is 0 Å². The zero-order valence-electron chi connectivity index (χ0n) is 11.2. The minimum absolute atomic E-state index is 0.212. The Kier molecular flexibility index (Phi) is 4.44. The summed E-state index contributed by atoms with van der Waals surface area (Å²) >= 11 is 0. The van der Waals surface area contributed by atoms with Gasteiger partial charge in [-0.2, -0.15) is 0 Å². The molecule has 1 aromatic rings.